The van der Waals surface area contributed by atoms with Gasteiger partial charge in [-0.15, -0.1) is 0 Å². The predicted molar refractivity (Wildman–Crippen MR) is 59.3 cm³/mol. The van der Waals surface area contributed by atoms with Crippen molar-refractivity contribution in [2.45, 2.75) is 33.6 Å². The normalized spacial score (nSPS) is 11.1. The van der Waals surface area contributed by atoms with E-state index in [1.807, 2.05) is 24.6 Å². The van der Waals surface area contributed by atoms with E-state index in [9.17, 15) is 4.79 Å². The van der Waals surface area contributed by atoms with Gasteiger partial charge in [0, 0.05) is 16.8 Å². The summed E-state index contributed by atoms with van der Waals surface area (Å²) in [5.74, 6) is 0. The molecule has 0 saturated heterocycles. The lowest BCUT2D eigenvalue weighted by molar-refractivity contribution is 0.851. The van der Waals surface area contributed by atoms with Crippen LogP contribution < -0.4 is 5.56 Å². The Bertz CT molecular complexity index is 551. The second kappa shape index (κ2) is 3.53. The smallest absolute Gasteiger partial charge is 0.254 e. The van der Waals surface area contributed by atoms with Crippen LogP contribution in [0.25, 0.3) is 5.65 Å². The van der Waals surface area contributed by atoms with Gasteiger partial charge in [0.1, 0.15) is 5.65 Å². The largest absolute Gasteiger partial charge is 0.306 e. The summed E-state index contributed by atoms with van der Waals surface area (Å²) in [6.45, 7) is 5.97. The Morgan fingerprint density at radius 1 is 1.40 bits per heavy atom. The summed E-state index contributed by atoms with van der Waals surface area (Å²) in [6.07, 6.45) is 3.43. The molecule has 0 bridgehead atoms. The van der Waals surface area contributed by atoms with E-state index >= 15 is 0 Å². The Labute approximate surface area is 87.9 Å². The monoisotopic (exact) mass is 205 g/mol. The fourth-order valence-corrected chi connectivity index (χ4v) is 1.92. The molecular formula is C11H15N3O. The number of aromatic nitrogens is 3. The molecule has 0 spiro atoms. The molecule has 0 aliphatic heterocycles. The van der Waals surface area contributed by atoms with Crippen LogP contribution in [0.15, 0.2) is 11.0 Å². The van der Waals surface area contributed by atoms with Gasteiger partial charge in [-0.05, 0) is 19.8 Å². The standard InChI is InChI=1S/C11H15N3O/c1-4-8-6-12-14-7(3)9(5-2)11(15)13-10(8)14/h6H,4-5H2,1-3H3,(H,13,15). The van der Waals surface area contributed by atoms with Gasteiger partial charge in [-0.1, -0.05) is 13.8 Å². The lowest BCUT2D eigenvalue weighted by Crippen LogP contribution is -2.18. The molecule has 2 aromatic heterocycles. The number of aromatic amines is 1. The van der Waals surface area contributed by atoms with Crippen molar-refractivity contribution in [2.24, 2.45) is 0 Å². The van der Waals surface area contributed by atoms with Crippen LogP contribution in [0.2, 0.25) is 0 Å². The van der Waals surface area contributed by atoms with Crippen molar-refractivity contribution in [1.29, 1.82) is 0 Å². The Hall–Kier alpha value is -1.58. The van der Waals surface area contributed by atoms with Crippen LogP contribution in [0.5, 0.6) is 0 Å². The van der Waals surface area contributed by atoms with Crippen LogP contribution in [0.3, 0.4) is 0 Å². The third kappa shape index (κ3) is 1.37. The molecule has 0 aliphatic carbocycles. The van der Waals surface area contributed by atoms with E-state index in [1.165, 1.54) is 0 Å². The molecule has 0 aliphatic rings. The van der Waals surface area contributed by atoms with E-state index in [-0.39, 0.29) is 5.56 Å². The second-order valence-corrected chi connectivity index (χ2v) is 3.66. The molecule has 0 radical (unpaired) electrons. The van der Waals surface area contributed by atoms with E-state index in [0.717, 1.165) is 35.3 Å². The topological polar surface area (TPSA) is 50.2 Å². The van der Waals surface area contributed by atoms with Gasteiger partial charge in [-0.2, -0.15) is 5.10 Å². The Balaban J connectivity index is 2.87. The highest BCUT2D eigenvalue weighted by Gasteiger charge is 2.10. The number of aryl methyl sites for hydroxylation is 2. The molecule has 0 saturated carbocycles. The number of hydrogen-bond donors (Lipinski definition) is 1. The molecule has 80 valence electrons. The van der Waals surface area contributed by atoms with Crippen LogP contribution >= 0.6 is 0 Å². The maximum atomic E-state index is 11.8. The summed E-state index contributed by atoms with van der Waals surface area (Å²) in [5.41, 5.74) is 3.68. The lowest BCUT2D eigenvalue weighted by Gasteiger charge is -2.04. The highest BCUT2D eigenvalue weighted by atomic mass is 16.1. The summed E-state index contributed by atoms with van der Waals surface area (Å²) in [6, 6.07) is 0. The summed E-state index contributed by atoms with van der Waals surface area (Å²) < 4.78 is 1.82. The zero-order valence-corrected chi connectivity index (χ0v) is 9.29. The van der Waals surface area contributed by atoms with Gasteiger partial charge in [0.25, 0.3) is 5.56 Å². The number of nitrogens with zero attached hydrogens (tertiary/aromatic N) is 2. The van der Waals surface area contributed by atoms with Crippen molar-refractivity contribution in [2.75, 3.05) is 0 Å². The fraction of sp³-hybridized carbons (Fsp3) is 0.455. The first-order valence-corrected chi connectivity index (χ1v) is 5.27. The molecule has 0 fully saturated rings. The SMILES string of the molecule is CCc1c(C)n2ncc(CC)c2[nH]c1=O. The van der Waals surface area contributed by atoms with E-state index in [0.29, 0.717) is 0 Å². The summed E-state index contributed by atoms with van der Waals surface area (Å²) in [5, 5.41) is 4.29. The minimum atomic E-state index is 0.0118. The number of hydrogen-bond acceptors (Lipinski definition) is 2. The Morgan fingerprint density at radius 3 is 2.73 bits per heavy atom. The van der Waals surface area contributed by atoms with Crippen LogP contribution in [0, 0.1) is 6.92 Å². The second-order valence-electron chi connectivity index (χ2n) is 3.66. The first-order valence-electron chi connectivity index (χ1n) is 5.27. The highest BCUT2D eigenvalue weighted by molar-refractivity contribution is 5.47. The molecule has 15 heavy (non-hydrogen) atoms. The van der Waals surface area contributed by atoms with E-state index in [1.54, 1.807) is 0 Å². The minimum Gasteiger partial charge on any atom is -0.306 e. The van der Waals surface area contributed by atoms with E-state index < -0.39 is 0 Å². The molecule has 2 rings (SSSR count). The molecule has 2 heterocycles. The summed E-state index contributed by atoms with van der Waals surface area (Å²) >= 11 is 0. The fourth-order valence-electron chi connectivity index (χ4n) is 1.92. The number of rotatable bonds is 2. The number of H-pyrrole nitrogens is 1. The van der Waals surface area contributed by atoms with Crippen molar-refractivity contribution < 1.29 is 0 Å². The summed E-state index contributed by atoms with van der Waals surface area (Å²) in [4.78, 5) is 14.6. The van der Waals surface area contributed by atoms with Crippen molar-refractivity contribution in [3.8, 4) is 0 Å². The highest BCUT2D eigenvalue weighted by Crippen LogP contribution is 2.11. The van der Waals surface area contributed by atoms with Gasteiger partial charge in [0.15, 0.2) is 0 Å². The Morgan fingerprint density at radius 2 is 2.13 bits per heavy atom. The molecule has 1 N–H and O–H groups in total. The quantitative estimate of drug-likeness (QED) is 0.806. The van der Waals surface area contributed by atoms with Crippen LogP contribution in [0.1, 0.15) is 30.7 Å². The van der Waals surface area contributed by atoms with Gasteiger partial charge in [-0.3, -0.25) is 4.79 Å². The zero-order chi connectivity index (χ0) is 11.0. The molecule has 0 aromatic carbocycles. The average molecular weight is 205 g/mol. The number of fused-ring (bicyclic) bond motifs is 1. The molecule has 0 atom stereocenters. The average Bonchev–Trinajstić information content (AvgIpc) is 2.61. The molecule has 4 heteroatoms. The maximum Gasteiger partial charge on any atom is 0.254 e. The molecular weight excluding hydrogens is 190 g/mol. The third-order valence-electron chi connectivity index (χ3n) is 2.84. The van der Waals surface area contributed by atoms with Crippen molar-refractivity contribution in [1.82, 2.24) is 14.6 Å². The van der Waals surface area contributed by atoms with E-state index in [2.05, 4.69) is 17.0 Å². The number of nitrogens with one attached hydrogen (secondary N) is 1. The summed E-state index contributed by atoms with van der Waals surface area (Å²) in [7, 11) is 0. The van der Waals surface area contributed by atoms with E-state index in [4.69, 9.17) is 0 Å². The maximum absolute atomic E-state index is 11.8. The van der Waals surface area contributed by atoms with Crippen LogP contribution in [-0.4, -0.2) is 14.6 Å². The third-order valence-corrected chi connectivity index (χ3v) is 2.84. The van der Waals surface area contributed by atoms with Crippen molar-refractivity contribution in [3.05, 3.63) is 33.4 Å². The predicted octanol–water partition coefficient (Wildman–Crippen LogP) is 1.46. The van der Waals surface area contributed by atoms with Crippen LogP contribution in [0.4, 0.5) is 0 Å². The molecule has 0 unspecified atom stereocenters. The molecule has 0 amide bonds. The zero-order valence-electron chi connectivity index (χ0n) is 9.29. The minimum absolute atomic E-state index is 0.0118. The molecule has 4 nitrogen and oxygen atoms in total. The van der Waals surface area contributed by atoms with Gasteiger partial charge < -0.3 is 4.98 Å². The first kappa shape index (κ1) is 9.96. The van der Waals surface area contributed by atoms with Gasteiger partial charge in [0.2, 0.25) is 0 Å². The van der Waals surface area contributed by atoms with Crippen molar-refractivity contribution in [3.63, 3.8) is 0 Å². The lowest BCUT2D eigenvalue weighted by atomic mass is 10.2. The molecule has 2 aromatic rings. The first-order chi connectivity index (χ1) is 7.19. The van der Waals surface area contributed by atoms with Gasteiger partial charge in [-0.25, -0.2) is 4.52 Å². The Kier molecular flexibility index (Phi) is 2.34. The van der Waals surface area contributed by atoms with Crippen molar-refractivity contribution >= 4 is 5.65 Å². The van der Waals surface area contributed by atoms with Crippen LogP contribution in [-0.2, 0) is 12.8 Å². The van der Waals surface area contributed by atoms with Gasteiger partial charge in [0.05, 0.1) is 6.20 Å². The van der Waals surface area contributed by atoms with Gasteiger partial charge >= 0.3 is 0 Å².